The van der Waals surface area contributed by atoms with E-state index in [-0.39, 0.29) is 5.56 Å². The van der Waals surface area contributed by atoms with E-state index in [4.69, 9.17) is 5.11 Å². The minimum absolute atomic E-state index is 0.283. The monoisotopic (exact) mass is 244 g/mol. The van der Waals surface area contributed by atoms with E-state index in [0.29, 0.717) is 11.4 Å². The van der Waals surface area contributed by atoms with Crippen LogP contribution in [0.15, 0.2) is 24.5 Å². The maximum absolute atomic E-state index is 11.1. The van der Waals surface area contributed by atoms with Gasteiger partial charge in [0.15, 0.2) is 0 Å². The van der Waals surface area contributed by atoms with Crippen molar-refractivity contribution in [3.05, 3.63) is 30.1 Å². The lowest BCUT2D eigenvalue weighted by atomic mass is 10.1. The number of hydrogen-bond donors (Lipinski definition) is 1. The summed E-state index contributed by atoms with van der Waals surface area (Å²) in [5, 5.41) is 9.12. The van der Waals surface area contributed by atoms with Gasteiger partial charge in [-0.2, -0.15) is 0 Å². The molecule has 4 nitrogen and oxygen atoms in total. The fourth-order valence-electron chi connectivity index (χ4n) is 2.53. The highest BCUT2D eigenvalue weighted by Crippen LogP contribution is 2.37. The highest BCUT2D eigenvalue weighted by atomic mass is 16.4. The second-order valence-electron chi connectivity index (χ2n) is 5.19. The minimum atomic E-state index is -0.916. The van der Waals surface area contributed by atoms with Crippen LogP contribution in [0, 0.1) is 11.8 Å². The van der Waals surface area contributed by atoms with Gasteiger partial charge in [-0.1, -0.05) is 13.0 Å². The molecule has 0 bridgehead atoms. The summed E-state index contributed by atoms with van der Waals surface area (Å²) in [5.74, 6) is 0.557. The number of benzene rings is 1. The summed E-state index contributed by atoms with van der Waals surface area (Å²) in [5.41, 5.74) is 1.79. The molecule has 0 radical (unpaired) electrons. The number of hydrogen-bond acceptors (Lipinski definition) is 2. The molecule has 1 aromatic heterocycles. The van der Waals surface area contributed by atoms with Crippen LogP contribution in [0.3, 0.4) is 0 Å². The van der Waals surface area contributed by atoms with Crippen molar-refractivity contribution in [2.24, 2.45) is 11.8 Å². The predicted octanol–water partition coefficient (Wildman–Crippen LogP) is 2.78. The van der Waals surface area contributed by atoms with E-state index in [1.807, 2.05) is 6.07 Å². The summed E-state index contributed by atoms with van der Waals surface area (Å²) >= 11 is 0. The number of carboxylic acids is 1. The molecule has 1 heterocycles. The van der Waals surface area contributed by atoms with Gasteiger partial charge in [-0.05, 0) is 36.8 Å². The first-order valence-electron chi connectivity index (χ1n) is 6.34. The summed E-state index contributed by atoms with van der Waals surface area (Å²) < 4.78 is 2.07. The zero-order valence-corrected chi connectivity index (χ0v) is 10.3. The largest absolute Gasteiger partial charge is 0.478 e. The van der Waals surface area contributed by atoms with Crippen LogP contribution in [0.25, 0.3) is 11.0 Å². The molecule has 1 N–H and O–H groups in total. The summed E-state index contributed by atoms with van der Waals surface area (Å²) in [7, 11) is 0. The van der Waals surface area contributed by atoms with Gasteiger partial charge in [0.05, 0.1) is 17.4 Å². The number of nitrogens with zero attached hydrogens (tertiary/aromatic N) is 2. The Morgan fingerprint density at radius 3 is 3.00 bits per heavy atom. The van der Waals surface area contributed by atoms with E-state index in [2.05, 4.69) is 16.5 Å². The fraction of sp³-hybridized carbons (Fsp3) is 0.429. The van der Waals surface area contributed by atoms with Gasteiger partial charge >= 0.3 is 5.97 Å². The van der Waals surface area contributed by atoms with Crippen LogP contribution in [-0.2, 0) is 6.54 Å². The fourth-order valence-corrected chi connectivity index (χ4v) is 2.53. The molecule has 3 rings (SSSR count). The normalized spacial score (nSPS) is 16.9. The molecule has 4 heteroatoms. The van der Waals surface area contributed by atoms with Gasteiger partial charge in [-0.15, -0.1) is 0 Å². The van der Waals surface area contributed by atoms with Gasteiger partial charge in [0, 0.05) is 6.54 Å². The first-order chi connectivity index (χ1) is 8.66. The van der Waals surface area contributed by atoms with Crippen LogP contribution in [0.1, 0.15) is 30.1 Å². The molecule has 1 aliphatic rings. The predicted molar refractivity (Wildman–Crippen MR) is 68.6 cm³/mol. The third-order valence-corrected chi connectivity index (χ3v) is 3.79. The maximum atomic E-state index is 11.1. The van der Waals surface area contributed by atoms with Crippen LogP contribution < -0.4 is 0 Å². The first kappa shape index (κ1) is 11.3. The van der Waals surface area contributed by atoms with Crippen LogP contribution in [0.5, 0.6) is 0 Å². The number of rotatable bonds is 4. The van der Waals surface area contributed by atoms with E-state index in [1.54, 1.807) is 18.5 Å². The maximum Gasteiger partial charge on any atom is 0.337 e. The van der Waals surface area contributed by atoms with Crippen molar-refractivity contribution in [3.8, 4) is 0 Å². The molecule has 0 amide bonds. The lowest BCUT2D eigenvalue weighted by Gasteiger charge is -2.11. The zero-order chi connectivity index (χ0) is 12.7. The molecule has 1 unspecified atom stereocenters. The molecule has 94 valence electrons. The molecule has 1 fully saturated rings. The second-order valence-corrected chi connectivity index (χ2v) is 5.19. The lowest BCUT2D eigenvalue weighted by molar-refractivity contribution is 0.0699. The highest BCUT2D eigenvalue weighted by Gasteiger charge is 2.28. The van der Waals surface area contributed by atoms with Crippen molar-refractivity contribution in [1.29, 1.82) is 0 Å². The molecular formula is C14H16N2O2. The molecule has 1 aromatic carbocycles. The Hall–Kier alpha value is -1.84. The van der Waals surface area contributed by atoms with E-state index in [9.17, 15) is 4.79 Å². The summed E-state index contributed by atoms with van der Waals surface area (Å²) in [6, 6.07) is 5.33. The van der Waals surface area contributed by atoms with Crippen molar-refractivity contribution >= 4 is 17.0 Å². The number of fused-ring (bicyclic) bond motifs is 1. The second kappa shape index (κ2) is 4.12. The molecule has 1 atom stereocenters. The van der Waals surface area contributed by atoms with Crippen LogP contribution >= 0.6 is 0 Å². The lowest BCUT2D eigenvalue weighted by Crippen LogP contribution is -2.08. The number of aromatic nitrogens is 2. The average Bonchev–Trinajstić information content (AvgIpc) is 3.12. The van der Waals surface area contributed by atoms with Gasteiger partial charge in [0.25, 0.3) is 0 Å². The Bertz CT molecular complexity index is 599. The third kappa shape index (κ3) is 1.88. The smallest absolute Gasteiger partial charge is 0.337 e. The van der Waals surface area contributed by atoms with Crippen molar-refractivity contribution in [2.75, 3.05) is 0 Å². The van der Waals surface area contributed by atoms with E-state index < -0.39 is 5.97 Å². The molecular weight excluding hydrogens is 228 g/mol. The molecule has 2 aromatic rings. The topological polar surface area (TPSA) is 55.1 Å². The van der Waals surface area contributed by atoms with Gasteiger partial charge in [0.2, 0.25) is 0 Å². The molecule has 0 spiro atoms. The van der Waals surface area contributed by atoms with Gasteiger partial charge < -0.3 is 9.67 Å². The van der Waals surface area contributed by atoms with Crippen LogP contribution in [0.2, 0.25) is 0 Å². The zero-order valence-electron chi connectivity index (χ0n) is 10.3. The summed E-state index contributed by atoms with van der Waals surface area (Å²) in [6.45, 7) is 3.18. The van der Waals surface area contributed by atoms with E-state index in [0.717, 1.165) is 18.0 Å². The Labute approximate surface area is 105 Å². The highest BCUT2D eigenvalue weighted by molar-refractivity contribution is 6.00. The number of carbonyl (C=O) groups is 1. The standard InChI is InChI=1S/C14H16N2O2/c1-9(10-5-6-10)7-16-8-15-13-11(14(17)18)3-2-4-12(13)16/h2-4,8-10H,5-7H2,1H3,(H,17,18). The van der Waals surface area contributed by atoms with Crippen molar-refractivity contribution in [2.45, 2.75) is 26.3 Å². The Morgan fingerprint density at radius 2 is 2.33 bits per heavy atom. The van der Waals surface area contributed by atoms with Crippen LogP contribution in [-0.4, -0.2) is 20.6 Å². The third-order valence-electron chi connectivity index (χ3n) is 3.79. The Kier molecular flexibility index (Phi) is 2.58. The minimum Gasteiger partial charge on any atom is -0.478 e. The first-order valence-corrected chi connectivity index (χ1v) is 6.34. The molecule has 1 aliphatic carbocycles. The molecule has 18 heavy (non-hydrogen) atoms. The van der Waals surface area contributed by atoms with E-state index >= 15 is 0 Å². The SMILES string of the molecule is CC(Cn1cnc2c(C(=O)O)cccc21)C1CC1. The molecule has 0 aliphatic heterocycles. The number of aromatic carboxylic acids is 1. The summed E-state index contributed by atoms with van der Waals surface area (Å²) in [4.78, 5) is 15.4. The Balaban J connectivity index is 1.98. The number of para-hydroxylation sites is 1. The number of imidazole rings is 1. The van der Waals surface area contributed by atoms with Crippen molar-refractivity contribution < 1.29 is 9.90 Å². The number of carboxylic acid groups (broad SMARTS) is 1. The van der Waals surface area contributed by atoms with Crippen molar-refractivity contribution in [3.63, 3.8) is 0 Å². The summed E-state index contributed by atoms with van der Waals surface area (Å²) in [6.07, 6.45) is 4.42. The van der Waals surface area contributed by atoms with Gasteiger partial charge in [-0.25, -0.2) is 9.78 Å². The Morgan fingerprint density at radius 1 is 1.56 bits per heavy atom. The van der Waals surface area contributed by atoms with Crippen molar-refractivity contribution in [1.82, 2.24) is 9.55 Å². The quantitative estimate of drug-likeness (QED) is 0.899. The average molecular weight is 244 g/mol. The van der Waals surface area contributed by atoms with Gasteiger partial charge in [-0.3, -0.25) is 0 Å². The van der Waals surface area contributed by atoms with Crippen LogP contribution in [0.4, 0.5) is 0 Å². The molecule has 0 saturated heterocycles. The molecule has 1 saturated carbocycles. The van der Waals surface area contributed by atoms with E-state index in [1.165, 1.54) is 12.8 Å². The van der Waals surface area contributed by atoms with Gasteiger partial charge in [0.1, 0.15) is 5.52 Å².